The lowest BCUT2D eigenvalue weighted by molar-refractivity contribution is 0.0724. The Labute approximate surface area is 124 Å². The maximum atomic E-state index is 13.7. The van der Waals surface area contributed by atoms with E-state index in [1.54, 1.807) is 6.07 Å². The van der Waals surface area contributed by atoms with Crippen LogP contribution in [0, 0.1) is 42.6 Å². The maximum Gasteiger partial charge on any atom is 0.349 e. The van der Waals surface area contributed by atoms with Crippen LogP contribution in [0.25, 0.3) is 0 Å². The minimum absolute atomic E-state index is 0.188. The quantitative estimate of drug-likeness (QED) is 0.626. The van der Waals surface area contributed by atoms with Crippen molar-refractivity contribution in [2.45, 2.75) is 13.8 Å². The predicted octanol–water partition coefficient (Wildman–Crippen LogP) is 3.81. The lowest BCUT2D eigenvalue weighted by Crippen LogP contribution is -2.14. The van der Waals surface area contributed by atoms with Gasteiger partial charge in [-0.1, -0.05) is 0 Å². The zero-order chi connectivity index (χ0) is 16.4. The summed E-state index contributed by atoms with van der Waals surface area (Å²) in [6.45, 7) is 2.92. The summed E-state index contributed by atoms with van der Waals surface area (Å²) in [4.78, 5) is 11.9. The van der Waals surface area contributed by atoms with Crippen LogP contribution >= 0.6 is 0 Å². The predicted molar refractivity (Wildman–Crippen MR) is 71.9 cm³/mol. The van der Waals surface area contributed by atoms with Gasteiger partial charge in [-0.25, -0.2) is 18.0 Å². The summed E-state index contributed by atoms with van der Waals surface area (Å²) in [5, 5.41) is 8.75. The zero-order valence-corrected chi connectivity index (χ0v) is 11.7. The standard InChI is InChI=1S/C16H10F3NO2/c1-8-3-13(18)15(14(19)4-8)16(21)22-10-5-9(2)11(7-20)12(17)6-10/h3-6H,1-2H3. The highest BCUT2D eigenvalue weighted by molar-refractivity contribution is 5.91. The summed E-state index contributed by atoms with van der Waals surface area (Å²) in [5.74, 6) is -4.52. The van der Waals surface area contributed by atoms with Crippen molar-refractivity contribution in [3.05, 3.63) is 64.0 Å². The van der Waals surface area contributed by atoms with Gasteiger partial charge in [0.1, 0.15) is 34.8 Å². The smallest absolute Gasteiger partial charge is 0.349 e. The molecule has 3 nitrogen and oxygen atoms in total. The third kappa shape index (κ3) is 2.93. The van der Waals surface area contributed by atoms with Crippen molar-refractivity contribution in [2.75, 3.05) is 0 Å². The number of benzene rings is 2. The van der Waals surface area contributed by atoms with E-state index in [1.165, 1.54) is 19.9 Å². The van der Waals surface area contributed by atoms with Crippen LogP contribution in [0.15, 0.2) is 24.3 Å². The summed E-state index contributed by atoms with van der Waals surface area (Å²) >= 11 is 0. The molecule has 0 unspecified atom stereocenters. The summed E-state index contributed by atoms with van der Waals surface area (Å²) in [6, 6.07) is 5.70. The van der Waals surface area contributed by atoms with Crippen molar-refractivity contribution >= 4 is 5.97 Å². The van der Waals surface area contributed by atoms with E-state index in [0.29, 0.717) is 5.56 Å². The minimum atomic E-state index is -1.28. The number of halogens is 3. The SMILES string of the molecule is Cc1cc(F)c(C(=O)Oc2cc(C)c(C#N)c(F)c2)c(F)c1. The van der Waals surface area contributed by atoms with Gasteiger partial charge in [0.2, 0.25) is 0 Å². The molecular weight excluding hydrogens is 295 g/mol. The number of ether oxygens (including phenoxy) is 1. The molecule has 6 heteroatoms. The lowest BCUT2D eigenvalue weighted by atomic mass is 10.1. The van der Waals surface area contributed by atoms with Gasteiger partial charge in [0, 0.05) is 6.07 Å². The molecule has 0 saturated carbocycles. The molecule has 0 N–H and O–H groups in total. The fraction of sp³-hybridized carbons (Fsp3) is 0.125. The molecule has 0 amide bonds. The van der Waals surface area contributed by atoms with Gasteiger partial charge < -0.3 is 4.74 Å². The van der Waals surface area contributed by atoms with Crippen LogP contribution in [0.1, 0.15) is 27.0 Å². The van der Waals surface area contributed by atoms with E-state index in [0.717, 1.165) is 18.2 Å². The number of nitrogens with zero attached hydrogens (tertiary/aromatic N) is 1. The molecule has 2 aromatic rings. The number of rotatable bonds is 2. The first-order valence-corrected chi connectivity index (χ1v) is 6.21. The van der Waals surface area contributed by atoms with Crippen molar-refractivity contribution in [2.24, 2.45) is 0 Å². The Morgan fingerprint density at radius 3 is 2.14 bits per heavy atom. The second-order valence-corrected chi connectivity index (χ2v) is 4.70. The van der Waals surface area contributed by atoms with Gasteiger partial charge >= 0.3 is 5.97 Å². The topological polar surface area (TPSA) is 50.1 Å². The Kier molecular flexibility index (Phi) is 4.18. The first-order chi connectivity index (χ1) is 10.3. The minimum Gasteiger partial charge on any atom is -0.423 e. The van der Waals surface area contributed by atoms with Gasteiger partial charge in [-0.05, 0) is 43.2 Å². The highest BCUT2D eigenvalue weighted by Crippen LogP contribution is 2.23. The van der Waals surface area contributed by atoms with Crippen LogP contribution in [-0.2, 0) is 0 Å². The van der Waals surface area contributed by atoms with Crippen molar-refractivity contribution in [1.29, 1.82) is 5.26 Å². The average Bonchev–Trinajstić information content (AvgIpc) is 2.36. The Bertz CT molecular complexity index is 764. The third-order valence-corrected chi connectivity index (χ3v) is 2.97. The van der Waals surface area contributed by atoms with Gasteiger partial charge in [0.05, 0.1) is 5.56 Å². The van der Waals surface area contributed by atoms with E-state index < -0.39 is 29.0 Å². The molecule has 0 spiro atoms. The molecule has 0 radical (unpaired) electrons. The highest BCUT2D eigenvalue weighted by Gasteiger charge is 2.21. The van der Waals surface area contributed by atoms with Gasteiger partial charge in [0.25, 0.3) is 0 Å². The van der Waals surface area contributed by atoms with E-state index in [-0.39, 0.29) is 16.9 Å². The molecule has 2 aromatic carbocycles. The number of nitriles is 1. The second kappa shape index (κ2) is 5.90. The van der Waals surface area contributed by atoms with Crippen molar-refractivity contribution in [3.63, 3.8) is 0 Å². The third-order valence-electron chi connectivity index (χ3n) is 2.97. The van der Waals surface area contributed by atoms with E-state index in [4.69, 9.17) is 10.00 Å². The Hall–Kier alpha value is -2.81. The summed E-state index contributed by atoms with van der Waals surface area (Å²) < 4.78 is 45.8. The van der Waals surface area contributed by atoms with E-state index in [1.807, 2.05) is 0 Å². The Balaban J connectivity index is 2.37. The highest BCUT2D eigenvalue weighted by atomic mass is 19.1. The van der Waals surface area contributed by atoms with Gasteiger partial charge in [-0.3, -0.25) is 0 Å². The van der Waals surface area contributed by atoms with Crippen LogP contribution < -0.4 is 4.74 Å². The van der Waals surface area contributed by atoms with Gasteiger partial charge in [-0.2, -0.15) is 5.26 Å². The fourth-order valence-corrected chi connectivity index (χ4v) is 1.97. The molecular formula is C16H10F3NO2. The number of hydrogen-bond donors (Lipinski definition) is 0. The van der Waals surface area contributed by atoms with Crippen LogP contribution in [0.3, 0.4) is 0 Å². The molecule has 0 saturated heterocycles. The largest absolute Gasteiger partial charge is 0.423 e. The van der Waals surface area contributed by atoms with Crippen molar-refractivity contribution in [1.82, 2.24) is 0 Å². The summed E-state index contributed by atoms with van der Waals surface area (Å²) in [6.07, 6.45) is 0. The molecule has 0 aliphatic rings. The molecule has 0 aromatic heterocycles. The van der Waals surface area contributed by atoms with Crippen LogP contribution in [-0.4, -0.2) is 5.97 Å². The van der Waals surface area contributed by atoms with Crippen molar-refractivity contribution in [3.8, 4) is 11.8 Å². The fourth-order valence-electron chi connectivity index (χ4n) is 1.97. The lowest BCUT2D eigenvalue weighted by Gasteiger charge is -2.09. The number of hydrogen-bond acceptors (Lipinski definition) is 3. The first-order valence-electron chi connectivity index (χ1n) is 6.21. The molecule has 0 fully saturated rings. The molecule has 112 valence electrons. The van der Waals surface area contributed by atoms with Crippen LogP contribution in [0.2, 0.25) is 0 Å². The van der Waals surface area contributed by atoms with Crippen LogP contribution in [0.4, 0.5) is 13.2 Å². The van der Waals surface area contributed by atoms with Crippen molar-refractivity contribution < 1.29 is 22.7 Å². The second-order valence-electron chi connectivity index (χ2n) is 4.70. The Morgan fingerprint density at radius 2 is 1.64 bits per heavy atom. The molecule has 0 aliphatic heterocycles. The molecule has 0 aliphatic carbocycles. The summed E-state index contributed by atoms with van der Waals surface area (Å²) in [5.41, 5.74) is -0.484. The summed E-state index contributed by atoms with van der Waals surface area (Å²) in [7, 11) is 0. The molecule has 22 heavy (non-hydrogen) atoms. The van der Waals surface area contributed by atoms with Gasteiger partial charge in [-0.15, -0.1) is 0 Å². The maximum absolute atomic E-state index is 13.7. The monoisotopic (exact) mass is 305 g/mol. The van der Waals surface area contributed by atoms with E-state index in [9.17, 15) is 18.0 Å². The van der Waals surface area contributed by atoms with E-state index in [2.05, 4.69) is 0 Å². The number of carbonyl (C=O) groups excluding carboxylic acids is 1. The molecule has 2 rings (SSSR count). The zero-order valence-electron chi connectivity index (χ0n) is 11.7. The normalized spacial score (nSPS) is 10.2. The Morgan fingerprint density at radius 1 is 1.05 bits per heavy atom. The molecule has 0 heterocycles. The molecule has 0 bridgehead atoms. The average molecular weight is 305 g/mol. The van der Waals surface area contributed by atoms with E-state index >= 15 is 0 Å². The number of carbonyl (C=O) groups is 1. The number of esters is 1. The van der Waals surface area contributed by atoms with Gasteiger partial charge in [0.15, 0.2) is 0 Å². The number of aryl methyl sites for hydroxylation is 2. The molecule has 0 atom stereocenters. The first kappa shape index (κ1) is 15.6. The van der Waals surface area contributed by atoms with Crippen LogP contribution in [0.5, 0.6) is 5.75 Å².